The lowest BCUT2D eigenvalue weighted by molar-refractivity contribution is -0.133. The number of aliphatic carboxylic acids is 1. The molecule has 3 N–H and O–H groups in total. The molecule has 0 aromatic heterocycles. The molecule has 0 radical (unpaired) electrons. The van der Waals surface area contributed by atoms with Gasteiger partial charge in [0.2, 0.25) is 10.0 Å². The Morgan fingerprint density at radius 1 is 1.17 bits per heavy atom. The van der Waals surface area contributed by atoms with Crippen LogP contribution in [0.1, 0.15) is 32.1 Å². The van der Waals surface area contributed by atoms with E-state index in [2.05, 4.69) is 0 Å². The molecule has 0 atom stereocenters. The topological polar surface area (TPSA) is 121 Å². The molecule has 0 aromatic rings. The van der Waals surface area contributed by atoms with E-state index in [1.807, 2.05) is 0 Å². The van der Waals surface area contributed by atoms with Crippen molar-refractivity contribution in [3.8, 4) is 0 Å². The number of carboxylic acids is 1. The van der Waals surface area contributed by atoms with Gasteiger partial charge in [0.25, 0.3) is 0 Å². The Morgan fingerprint density at radius 2 is 1.72 bits per heavy atom. The van der Waals surface area contributed by atoms with Crippen LogP contribution in [0.25, 0.3) is 0 Å². The second kappa shape index (κ2) is 5.85. The van der Waals surface area contributed by atoms with Crippen LogP contribution in [0, 0.1) is 0 Å². The van der Waals surface area contributed by atoms with Gasteiger partial charge in [-0.2, -0.15) is 0 Å². The number of allylic oxidation sites excluding steroid dienone is 1. The predicted molar refractivity (Wildman–Crippen MR) is 62.3 cm³/mol. The molecule has 1 rings (SSSR count). The number of carboxylic acid groups (broad SMARTS) is 1. The highest BCUT2D eigenvalue weighted by Gasteiger charge is 2.30. The lowest BCUT2D eigenvalue weighted by atomic mass is 10.0. The van der Waals surface area contributed by atoms with Crippen LogP contribution in [0.4, 0.5) is 0 Å². The Labute approximate surface area is 105 Å². The quantitative estimate of drug-likeness (QED) is 0.377. The van der Waals surface area contributed by atoms with Gasteiger partial charge in [-0.15, -0.1) is 0 Å². The smallest absolute Gasteiger partial charge is 0.356 e. The molecule has 1 aliphatic carbocycles. The third-order valence-electron chi connectivity index (χ3n) is 2.82. The van der Waals surface area contributed by atoms with E-state index >= 15 is 0 Å². The monoisotopic (exact) mass is 277 g/mol. The van der Waals surface area contributed by atoms with Crippen molar-refractivity contribution < 1.29 is 28.2 Å². The second-order valence-corrected chi connectivity index (χ2v) is 6.05. The molecular weight excluding hydrogens is 262 g/mol. The number of aldehydes is 1. The number of rotatable bonds is 5. The average Bonchev–Trinajstić information content (AvgIpc) is 2.36. The maximum Gasteiger partial charge on any atom is 0.356 e. The summed E-state index contributed by atoms with van der Waals surface area (Å²) in [6.07, 6.45) is 3.25. The van der Waals surface area contributed by atoms with Crippen LogP contribution in [0.15, 0.2) is 11.5 Å². The first kappa shape index (κ1) is 14.5. The highest BCUT2D eigenvalue weighted by molar-refractivity contribution is 7.90. The lowest BCUT2D eigenvalue weighted by Gasteiger charge is -2.22. The molecule has 8 heteroatoms. The number of carbonyl (C=O) groups is 2. The fraction of sp³-hybridized carbons (Fsp3) is 0.600. The summed E-state index contributed by atoms with van der Waals surface area (Å²) < 4.78 is 25.6. The molecule has 0 saturated heterocycles. The van der Waals surface area contributed by atoms with Crippen LogP contribution in [0.3, 0.4) is 0 Å². The molecular formula is C10H15NO6S. The van der Waals surface area contributed by atoms with Crippen LogP contribution in [-0.4, -0.2) is 36.1 Å². The molecule has 1 saturated carbocycles. The third kappa shape index (κ3) is 3.46. The highest BCUT2D eigenvalue weighted by Crippen LogP contribution is 2.23. The normalized spacial score (nSPS) is 18.9. The SMILES string of the molecule is O=CC(O)=C(NS(=O)(=O)C1CCCCC1)C(=O)O. The zero-order valence-corrected chi connectivity index (χ0v) is 10.4. The van der Waals surface area contributed by atoms with E-state index in [1.165, 1.54) is 0 Å². The van der Waals surface area contributed by atoms with Gasteiger partial charge in [0.05, 0.1) is 5.25 Å². The van der Waals surface area contributed by atoms with Crippen molar-refractivity contribution in [1.29, 1.82) is 0 Å². The molecule has 7 nitrogen and oxygen atoms in total. The Bertz CT molecular complexity index is 461. The van der Waals surface area contributed by atoms with Crippen LogP contribution in [0.5, 0.6) is 0 Å². The van der Waals surface area contributed by atoms with Crippen molar-refractivity contribution in [1.82, 2.24) is 4.72 Å². The largest absolute Gasteiger partial charge is 0.503 e. The minimum atomic E-state index is -3.89. The van der Waals surface area contributed by atoms with Crippen LogP contribution in [-0.2, 0) is 19.6 Å². The molecule has 0 amide bonds. The lowest BCUT2D eigenvalue weighted by Crippen LogP contribution is -2.37. The van der Waals surface area contributed by atoms with Gasteiger partial charge in [-0.1, -0.05) is 19.3 Å². The molecule has 1 fully saturated rings. The first-order valence-corrected chi connectivity index (χ1v) is 7.06. The minimum absolute atomic E-state index is 0.118. The van der Waals surface area contributed by atoms with Crippen LogP contribution >= 0.6 is 0 Å². The Hall–Kier alpha value is -1.57. The maximum absolute atomic E-state index is 11.9. The summed E-state index contributed by atoms with van der Waals surface area (Å²) in [5, 5.41) is 17.1. The Balaban J connectivity index is 2.93. The highest BCUT2D eigenvalue weighted by atomic mass is 32.2. The fourth-order valence-corrected chi connectivity index (χ4v) is 3.46. The number of aliphatic hydroxyl groups is 1. The molecule has 0 aromatic carbocycles. The number of sulfonamides is 1. The van der Waals surface area contributed by atoms with Crippen molar-refractivity contribution in [2.24, 2.45) is 0 Å². The van der Waals surface area contributed by atoms with Crippen molar-refractivity contribution in [3.05, 3.63) is 11.5 Å². The first-order valence-electron chi connectivity index (χ1n) is 5.52. The van der Waals surface area contributed by atoms with E-state index in [-0.39, 0.29) is 6.29 Å². The van der Waals surface area contributed by atoms with Crippen LogP contribution in [0.2, 0.25) is 0 Å². The fourth-order valence-electron chi connectivity index (χ4n) is 1.87. The third-order valence-corrected chi connectivity index (χ3v) is 4.65. The maximum atomic E-state index is 11.9. The number of carbonyl (C=O) groups excluding carboxylic acids is 1. The average molecular weight is 277 g/mol. The standard InChI is InChI=1S/C10H15NO6S/c12-6-8(13)9(10(14)15)11-18(16,17)7-4-2-1-3-5-7/h6-7,11,13H,1-5H2,(H,14,15). The van der Waals surface area contributed by atoms with Gasteiger partial charge >= 0.3 is 5.97 Å². The molecule has 18 heavy (non-hydrogen) atoms. The Kier molecular flexibility index (Phi) is 4.71. The van der Waals surface area contributed by atoms with Crippen LogP contribution < -0.4 is 4.72 Å². The molecule has 1 aliphatic rings. The molecule has 0 heterocycles. The first-order chi connectivity index (χ1) is 8.38. The van der Waals surface area contributed by atoms with Gasteiger partial charge in [0.1, 0.15) is 0 Å². The van der Waals surface area contributed by atoms with E-state index in [0.29, 0.717) is 12.8 Å². The van der Waals surface area contributed by atoms with Gasteiger partial charge in [0, 0.05) is 0 Å². The van der Waals surface area contributed by atoms with Crippen molar-refractivity contribution in [2.45, 2.75) is 37.4 Å². The summed E-state index contributed by atoms with van der Waals surface area (Å²) in [4.78, 5) is 21.1. The van der Waals surface area contributed by atoms with Gasteiger partial charge in [-0.3, -0.25) is 9.52 Å². The van der Waals surface area contributed by atoms with Crippen molar-refractivity contribution in [3.63, 3.8) is 0 Å². The van der Waals surface area contributed by atoms with E-state index in [9.17, 15) is 18.0 Å². The molecule has 0 spiro atoms. The second-order valence-electron chi connectivity index (χ2n) is 4.09. The Morgan fingerprint density at radius 3 is 2.17 bits per heavy atom. The zero-order chi connectivity index (χ0) is 13.8. The van der Waals surface area contributed by atoms with E-state index in [0.717, 1.165) is 19.3 Å². The molecule has 0 aliphatic heterocycles. The number of aliphatic hydroxyl groups excluding tert-OH is 1. The van der Waals surface area contributed by atoms with Gasteiger partial charge in [-0.25, -0.2) is 13.2 Å². The molecule has 102 valence electrons. The summed E-state index contributed by atoms with van der Waals surface area (Å²) in [5.74, 6) is -2.83. The summed E-state index contributed by atoms with van der Waals surface area (Å²) in [5.41, 5.74) is -1.00. The van der Waals surface area contributed by atoms with E-state index in [4.69, 9.17) is 10.2 Å². The predicted octanol–water partition coefficient (Wildman–Crippen LogP) is 0.292. The minimum Gasteiger partial charge on any atom is -0.503 e. The molecule has 0 bridgehead atoms. The van der Waals surface area contributed by atoms with Gasteiger partial charge in [-0.05, 0) is 12.8 Å². The summed E-state index contributed by atoms with van der Waals surface area (Å²) in [7, 11) is -3.89. The van der Waals surface area contributed by atoms with Gasteiger partial charge < -0.3 is 10.2 Å². The van der Waals surface area contributed by atoms with E-state index < -0.39 is 32.7 Å². The van der Waals surface area contributed by atoms with Crippen molar-refractivity contribution >= 4 is 22.3 Å². The summed E-state index contributed by atoms with van der Waals surface area (Å²) >= 11 is 0. The van der Waals surface area contributed by atoms with Gasteiger partial charge in [0.15, 0.2) is 17.7 Å². The summed E-state index contributed by atoms with van der Waals surface area (Å²) in [6, 6.07) is 0. The van der Waals surface area contributed by atoms with E-state index in [1.54, 1.807) is 4.72 Å². The zero-order valence-electron chi connectivity index (χ0n) is 9.63. The molecule has 0 unspecified atom stereocenters. The number of hydrogen-bond donors (Lipinski definition) is 3. The van der Waals surface area contributed by atoms with Crippen molar-refractivity contribution in [2.75, 3.05) is 0 Å². The number of nitrogens with one attached hydrogen (secondary N) is 1. The number of hydrogen-bond acceptors (Lipinski definition) is 5. The summed E-state index contributed by atoms with van der Waals surface area (Å²) in [6.45, 7) is 0.